The number of carbonyl (C=O) groups excluding carboxylic acids is 1. The Labute approximate surface area is 115 Å². The molecule has 2 aromatic rings. The molecule has 0 spiro atoms. The smallest absolute Gasteiger partial charge is 0.326 e. The molecule has 1 N–H and O–H groups in total. The summed E-state index contributed by atoms with van der Waals surface area (Å²) < 4.78 is 1.59. The Morgan fingerprint density at radius 3 is 2.65 bits per heavy atom. The summed E-state index contributed by atoms with van der Waals surface area (Å²) in [5.74, 6) is -1.44. The van der Waals surface area contributed by atoms with Crippen LogP contribution >= 0.6 is 0 Å². The molecule has 1 atom stereocenters. The molecule has 7 nitrogen and oxygen atoms in total. The summed E-state index contributed by atoms with van der Waals surface area (Å²) in [6.07, 6.45) is 1.46. The first-order valence-corrected chi connectivity index (χ1v) is 6.15. The van der Waals surface area contributed by atoms with Crippen LogP contribution in [0.3, 0.4) is 0 Å². The summed E-state index contributed by atoms with van der Waals surface area (Å²) in [6, 6.07) is 0.905. The summed E-state index contributed by atoms with van der Waals surface area (Å²) >= 11 is 0. The zero-order valence-corrected chi connectivity index (χ0v) is 11.8. The Morgan fingerprint density at radius 1 is 1.40 bits per heavy atom. The SMILES string of the molecule is Cc1cc2ncc(C(=O)N(C)C(C)C(=O)O)c(C)n2n1. The molecule has 7 heteroatoms. The molecule has 0 fully saturated rings. The zero-order chi connectivity index (χ0) is 15.0. The highest BCUT2D eigenvalue weighted by Gasteiger charge is 2.25. The lowest BCUT2D eigenvalue weighted by molar-refractivity contribution is -0.141. The maximum atomic E-state index is 12.3. The number of hydrogen-bond acceptors (Lipinski definition) is 4. The van der Waals surface area contributed by atoms with E-state index in [2.05, 4.69) is 10.1 Å². The van der Waals surface area contributed by atoms with Gasteiger partial charge in [-0.25, -0.2) is 14.3 Å². The molecule has 0 aliphatic rings. The van der Waals surface area contributed by atoms with E-state index in [-0.39, 0.29) is 5.91 Å². The van der Waals surface area contributed by atoms with Gasteiger partial charge in [0.1, 0.15) is 6.04 Å². The van der Waals surface area contributed by atoms with Crippen molar-refractivity contribution in [1.82, 2.24) is 19.5 Å². The topological polar surface area (TPSA) is 87.8 Å². The highest BCUT2D eigenvalue weighted by Crippen LogP contribution is 2.14. The van der Waals surface area contributed by atoms with Gasteiger partial charge in [-0.05, 0) is 20.8 Å². The van der Waals surface area contributed by atoms with Crippen molar-refractivity contribution in [2.75, 3.05) is 7.05 Å². The first-order valence-electron chi connectivity index (χ1n) is 6.15. The van der Waals surface area contributed by atoms with Crippen LogP contribution in [0, 0.1) is 13.8 Å². The third kappa shape index (κ3) is 2.22. The van der Waals surface area contributed by atoms with Crippen LogP contribution in [0.4, 0.5) is 0 Å². The standard InChI is InChI=1S/C13H16N4O3/c1-7-5-11-14-6-10(8(2)17(11)15-7)12(18)16(4)9(3)13(19)20/h5-6,9H,1-4H3,(H,19,20). The normalized spacial score (nSPS) is 12.4. The van der Waals surface area contributed by atoms with Gasteiger partial charge in [0, 0.05) is 19.3 Å². The average molecular weight is 276 g/mol. The fourth-order valence-electron chi connectivity index (χ4n) is 1.90. The highest BCUT2D eigenvalue weighted by atomic mass is 16.4. The minimum absolute atomic E-state index is 0.344. The second-order valence-corrected chi connectivity index (χ2v) is 4.74. The van der Waals surface area contributed by atoms with Crippen molar-refractivity contribution in [3.05, 3.63) is 29.2 Å². The minimum Gasteiger partial charge on any atom is -0.480 e. The molecule has 0 saturated heterocycles. The van der Waals surface area contributed by atoms with E-state index >= 15 is 0 Å². The van der Waals surface area contributed by atoms with Crippen molar-refractivity contribution in [2.45, 2.75) is 26.8 Å². The zero-order valence-electron chi connectivity index (χ0n) is 11.8. The summed E-state index contributed by atoms with van der Waals surface area (Å²) in [4.78, 5) is 28.6. The number of fused-ring (bicyclic) bond motifs is 1. The third-order valence-electron chi connectivity index (χ3n) is 3.34. The van der Waals surface area contributed by atoms with E-state index in [0.717, 1.165) is 5.69 Å². The lowest BCUT2D eigenvalue weighted by Gasteiger charge is -2.22. The van der Waals surface area contributed by atoms with Gasteiger partial charge in [0.2, 0.25) is 0 Å². The van der Waals surface area contributed by atoms with Crippen LogP contribution < -0.4 is 0 Å². The van der Waals surface area contributed by atoms with Crippen LogP contribution in [0.5, 0.6) is 0 Å². The van der Waals surface area contributed by atoms with Crippen LogP contribution in [-0.2, 0) is 4.79 Å². The second kappa shape index (κ2) is 4.92. The number of likely N-dealkylation sites (N-methyl/N-ethyl adjacent to an activating group) is 1. The van der Waals surface area contributed by atoms with E-state index < -0.39 is 12.0 Å². The quantitative estimate of drug-likeness (QED) is 0.899. The van der Waals surface area contributed by atoms with Crippen molar-refractivity contribution < 1.29 is 14.7 Å². The Kier molecular flexibility index (Phi) is 3.44. The molecule has 0 aromatic carbocycles. The number of hydrogen-bond donors (Lipinski definition) is 1. The number of carboxylic acid groups (broad SMARTS) is 1. The lowest BCUT2D eigenvalue weighted by Crippen LogP contribution is -2.40. The van der Waals surface area contributed by atoms with Gasteiger partial charge in [-0.15, -0.1) is 0 Å². The molecular weight excluding hydrogens is 260 g/mol. The molecule has 2 aromatic heterocycles. The minimum atomic E-state index is -1.05. The number of aromatic nitrogens is 3. The largest absolute Gasteiger partial charge is 0.480 e. The summed E-state index contributed by atoms with van der Waals surface area (Å²) in [6.45, 7) is 5.06. The number of carboxylic acids is 1. The molecule has 0 aliphatic heterocycles. The lowest BCUT2D eigenvalue weighted by atomic mass is 10.2. The maximum absolute atomic E-state index is 12.3. The van der Waals surface area contributed by atoms with Crippen LogP contribution in [0.2, 0.25) is 0 Å². The molecule has 2 rings (SSSR count). The van der Waals surface area contributed by atoms with E-state index in [4.69, 9.17) is 5.11 Å². The van der Waals surface area contributed by atoms with Gasteiger partial charge < -0.3 is 10.0 Å². The van der Waals surface area contributed by atoms with Gasteiger partial charge in [0.15, 0.2) is 5.65 Å². The predicted molar refractivity (Wildman–Crippen MR) is 71.7 cm³/mol. The van der Waals surface area contributed by atoms with E-state index in [1.54, 1.807) is 11.4 Å². The average Bonchev–Trinajstić information content (AvgIpc) is 2.78. The molecule has 106 valence electrons. The Hall–Kier alpha value is -2.44. The number of aryl methyl sites for hydroxylation is 2. The predicted octanol–water partition coefficient (Wildman–Crippen LogP) is 0.891. The van der Waals surface area contributed by atoms with Crippen molar-refractivity contribution in [3.8, 4) is 0 Å². The molecule has 0 aliphatic carbocycles. The fraction of sp³-hybridized carbons (Fsp3) is 0.385. The van der Waals surface area contributed by atoms with Crippen molar-refractivity contribution in [2.24, 2.45) is 0 Å². The number of nitrogens with zero attached hydrogens (tertiary/aromatic N) is 4. The van der Waals surface area contributed by atoms with Gasteiger partial charge in [-0.1, -0.05) is 0 Å². The third-order valence-corrected chi connectivity index (χ3v) is 3.34. The molecule has 0 saturated carbocycles. The summed E-state index contributed by atoms with van der Waals surface area (Å²) in [7, 11) is 1.46. The Morgan fingerprint density at radius 2 is 2.05 bits per heavy atom. The van der Waals surface area contributed by atoms with Crippen LogP contribution in [-0.4, -0.2) is 49.6 Å². The molecule has 20 heavy (non-hydrogen) atoms. The van der Waals surface area contributed by atoms with E-state index in [1.807, 2.05) is 13.0 Å². The molecule has 0 bridgehead atoms. The monoisotopic (exact) mass is 276 g/mol. The van der Waals surface area contributed by atoms with Gasteiger partial charge in [0.05, 0.1) is 17.0 Å². The first-order chi connectivity index (χ1) is 9.32. The molecular formula is C13H16N4O3. The maximum Gasteiger partial charge on any atom is 0.326 e. The molecule has 1 amide bonds. The van der Waals surface area contributed by atoms with Crippen LogP contribution in [0.25, 0.3) is 5.65 Å². The van der Waals surface area contributed by atoms with Crippen LogP contribution in [0.15, 0.2) is 12.3 Å². The van der Waals surface area contributed by atoms with Crippen molar-refractivity contribution in [1.29, 1.82) is 0 Å². The molecule has 1 unspecified atom stereocenters. The van der Waals surface area contributed by atoms with E-state index in [0.29, 0.717) is 16.9 Å². The van der Waals surface area contributed by atoms with Gasteiger partial charge >= 0.3 is 5.97 Å². The van der Waals surface area contributed by atoms with Crippen LogP contribution in [0.1, 0.15) is 28.7 Å². The number of rotatable bonds is 3. The van der Waals surface area contributed by atoms with E-state index in [1.165, 1.54) is 25.1 Å². The Balaban J connectivity index is 2.44. The number of aliphatic carboxylic acids is 1. The van der Waals surface area contributed by atoms with E-state index in [9.17, 15) is 9.59 Å². The number of amides is 1. The summed E-state index contributed by atoms with van der Waals surface area (Å²) in [5.41, 5.74) is 2.44. The fourth-order valence-corrected chi connectivity index (χ4v) is 1.90. The highest BCUT2D eigenvalue weighted by molar-refractivity contribution is 5.97. The Bertz CT molecular complexity index is 692. The summed E-state index contributed by atoms with van der Waals surface area (Å²) in [5, 5.41) is 13.2. The molecule has 0 radical (unpaired) electrons. The van der Waals surface area contributed by atoms with Gasteiger partial charge in [-0.2, -0.15) is 5.10 Å². The van der Waals surface area contributed by atoms with Crippen molar-refractivity contribution in [3.63, 3.8) is 0 Å². The first kappa shape index (κ1) is 14.0. The second-order valence-electron chi connectivity index (χ2n) is 4.74. The molecule has 2 heterocycles. The van der Waals surface area contributed by atoms with Crippen molar-refractivity contribution >= 4 is 17.5 Å². The van der Waals surface area contributed by atoms with Gasteiger partial charge in [0.25, 0.3) is 5.91 Å². The number of carbonyl (C=O) groups is 2. The van der Waals surface area contributed by atoms with Gasteiger partial charge in [-0.3, -0.25) is 4.79 Å².